The van der Waals surface area contributed by atoms with Crippen LogP contribution in [0.2, 0.25) is 0 Å². The highest BCUT2D eigenvalue weighted by Gasteiger charge is 2.35. The van der Waals surface area contributed by atoms with Crippen molar-refractivity contribution in [3.8, 4) is 0 Å². The Labute approximate surface area is 166 Å². The van der Waals surface area contributed by atoms with Crippen molar-refractivity contribution in [3.05, 3.63) is 108 Å². The van der Waals surface area contributed by atoms with E-state index in [4.69, 9.17) is 0 Å². The van der Waals surface area contributed by atoms with Gasteiger partial charge in [-0.1, -0.05) is 91.0 Å². The van der Waals surface area contributed by atoms with Crippen molar-refractivity contribution in [1.29, 1.82) is 0 Å². The summed E-state index contributed by atoms with van der Waals surface area (Å²) in [4.78, 5) is 0. The maximum absolute atomic E-state index is 13.0. The number of rotatable bonds is 6. The average molecular weight is 378 g/mol. The van der Waals surface area contributed by atoms with Crippen molar-refractivity contribution in [2.24, 2.45) is 0 Å². The standard InChI is InChI=1S/C24H27NOS/c1-24(2,3)27(26)25-23(21-17-11-6-12-18-21)22(19-13-7-4-8-14-19)20-15-9-5-10-16-20/h4-18,22-23,25H,1-3H3/t23-,27+/m0/s1. The van der Waals surface area contributed by atoms with E-state index in [9.17, 15) is 4.55 Å². The minimum Gasteiger partial charge on any atom is -0.598 e. The Hall–Kier alpha value is -2.07. The molecule has 0 radical (unpaired) electrons. The third-order valence-electron chi connectivity index (χ3n) is 4.60. The highest BCUT2D eigenvalue weighted by atomic mass is 32.2. The predicted octanol–water partition coefficient (Wildman–Crippen LogP) is 5.61. The Kier molecular flexibility index (Phi) is 6.38. The van der Waals surface area contributed by atoms with Crippen molar-refractivity contribution in [3.63, 3.8) is 0 Å². The summed E-state index contributed by atoms with van der Waals surface area (Å²) in [6.07, 6.45) is 0. The van der Waals surface area contributed by atoms with Crippen LogP contribution in [0.25, 0.3) is 0 Å². The first-order chi connectivity index (χ1) is 13.0. The average Bonchev–Trinajstić information content (AvgIpc) is 2.69. The second kappa shape index (κ2) is 8.75. The quantitative estimate of drug-likeness (QED) is 0.567. The van der Waals surface area contributed by atoms with Crippen molar-refractivity contribution in [2.75, 3.05) is 0 Å². The minimum absolute atomic E-state index is 0.0566. The van der Waals surface area contributed by atoms with Crippen LogP contribution >= 0.6 is 0 Å². The van der Waals surface area contributed by atoms with Crippen molar-refractivity contribution in [1.82, 2.24) is 4.72 Å². The zero-order chi connectivity index (χ0) is 19.3. The summed E-state index contributed by atoms with van der Waals surface area (Å²) in [5, 5.41) is 0. The molecule has 1 N–H and O–H groups in total. The molecule has 0 aliphatic rings. The molecule has 0 spiro atoms. The van der Waals surface area contributed by atoms with Gasteiger partial charge in [-0.2, -0.15) is 0 Å². The van der Waals surface area contributed by atoms with E-state index in [1.807, 2.05) is 51.1 Å². The summed E-state index contributed by atoms with van der Waals surface area (Å²) in [7, 11) is 0. The van der Waals surface area contributed by atoms with Gasteiger partial charge in [-0.05, 0) is 37.5 Å². The summed E-state index contributed by atoms with van der Waals surface area (Å²) in [5.41, 5.74) is 3.54. The Balaban J connectivity index is 2.10. The summed E-state index contributed by atoms with van der Waals surface area (Å²) in [6.45, 7) is 5.99. The van der Waals surface area contributed by atoms with Gasteiger partial charge in [-0.3, -0.25) is 0 Å². The van der Waals surface area contributed by atoms with Gasteiger partial charge in [0, 0.05) is 17.3 Å². The van der Waals surface area contributed by atoms with Crippen LogP contribution in [-0.2, 0) is 11.4 Å². The molecular formula is C24H27NOS. The van der Waals surface area contributed by atoms with Crippen LogP contribution in [0, 0.1) is 0 Å². The number of nitrogens with one attached hydrogen (secondary N) is 1. The molecule has 0 fully saturated rings. The fraction of sp³-hybridized carbons (Fsp3) is 0.250. The van der Waals surface area contributed by atoms with E-state index in [1.165, 1.54) is 11.1 Å². The van der Waals surface area contributed by atoms with E-state index >= 15 is 0 Å². The lowest BCUT2D eigenvalue weighted by Gasteiger charge is -2.33. The molecule has 3 aromatic carbocycles. The first-order valence-corrected chi connectivity index (χ1v) is 10.4. The Bertz CT molecular complexity index is 776. The molecule has 27 heavy (non-hydrogen) atoms. The molecule has 2 nitrogen and oxygen atoms in total. The molecule has 2 atom stereocenters. The van der Waals surface area contributed by atoms with Gasteiger partial charge in [-0.25, -0.2) is 0 Å². The topological polar surface area (TPSA) is 35.1 Å². The van der Waals surface area contributed by atoms with Gasteiger partial charge in [0.15, 0.2) is 0 Å². The zero-order valence-corrected chi connectivity index (χ0v) is 16.9. The van der Waals surface area contributed by atoms with E-state index in [-0.39, 0.29) is 16.7 Å². The molecule has 0 saturated carbocycles. The van der Waals surface area contributed by atoms with Crippen molar-refractivity contribution >= 4 is 11.4 Å². The molecule has 0 aliphatic heterocycles. The summed E-state index contributed by atoms with van der Waals surface area (Å²) in [5.74, 6) is 0.0566. The van der Waals surface area contributed by atoms with Gasteiger partial charge in [-0.15, -0.1) is 4.72 Å². The normalized spacial score (nSPS) is 14.1. The summed E-state index contributed by atoms with van der Waals surface area (Å²) < 4.78 is 16.1. The molecular weight excluding hydrogens is 350 g/mol. The third kappa shape index (κ3) is 5.01. The largest absolute Gasteiger partial charge is 0.598 e. The van der Waals surface area contributed by atoms with Gasteiger partial charge in [0.2, 0.25) is 0 Å². The maximum Gasteiger partial charge on any atom is 0.136 e. The van der Waals surface area contributed by atoms with Crippen LogP contribution in [0.5, 0.6) is 0 Å². The molecule has 3 rings (SSSR count). The first-order valence-electron chi connectivity index (χ1n) is 9.29. The van der Waals surface area contributed by atoms with E-state index in [0.717, 1.165) is 5.56 Å². The summed E-state index contributed by atoms with van der Waals surface area (Å²) in [6, 6.07) is 31.1. The lowest BCUT2D eigenvalue weighted by molar-refractivity contribution is 0.505. The second-order valence-corrected chi connectivity index (χ2v) is 9.68. The van der Waals surface area contributed by atoms with Gasteiger partial charge >= 0.3 is 0 Å². The number of hydrogen-bond acceptors (Lipinski definition) is 2. The fourth-order valence-electron chi connectivity index (χ4n) is 3.18. The van der Waals surface area contributed by atoms with Gasteiger partial charge in [0.25, 0.3) is 0 Å². The van der Waals surface area contributed by atoms with Crippen LogP contribution in [-0.4, -0.2) is 9.30 Å². The SMILES string of the molecule is CC(C)(C)[S@@+]([O-])N[C@@H](c1ccccc1)C(c1ccccc1)c1ccccc1. The van der Waals surface area contributed by atoms with Crippen LogP contribution in [0.4, 0.5) is 0 Å². The van der Waals surface area contributed by atoms with Crippen molar-refractivity contribution in [2.45, 2.75) is 37.5 Å². The molecule has 0 saturated heterocycles. The van der Waals surface area contributed by atoms with Crippen LogP contribution < -0.4 is 4.72 Å². The molecule has 0 bridgehead atoms. The third-order valence-corrected chi connectivity index (χ3v) is 6.18. The highest BCUT2D eigenvalue weighted by Crippen LogP contribution is 2.38. The van der Waals surface area contributed by atoms with Gasteiger partial charge < -0.3 is 4.55 Å². The lowest BCUT2D eigenvalue weighted by atomic mass is 9.82. The van der Waals surface area contributed by atoms with Gasteiger partial charge in [0.1, 0.15) is 4.75 Å². The molecule has 0 aromatic heterocycles. The first kappa shape index (κ1) is 19.7. The van der Waals surface area contributed by atoms with Crippen LogP contribution in [0.15, 0.2) is 91.0 Å². The van der Waals surface area contributed by atoms with Crippen molar-refractivity contribution < 1.29 is 4.55 Å². The molecule has 0 amide bonds. The zero-order valence-electron chi connectivity index (χ0n) is 16.1. The fourth-order valence-corrected chi connectivity index (χ4v) is 4.04. The molecule has 140 valence electrons. The minimum atomic E-state index is -1.19. The Morgan fingerprint density at radius 2 is 1.04 bits per heavy atom. The van der Waals surface area contributed by atoms with E-state index < -0.39 is 11.4 Å². The second-order valence-electron chi connectivity index (χ2n) is 7.69. The highest BCUT2D eigenvalue weighted by molar-refractivity contribution is 7.90. The predicted molar refractivity (Wildman–Crippen MR) is 115 cm³/mol. The van der Waals surface area contributed by atoms with Crippen LogP contribution in [0.1, 0.15) is 49.4 Å². The maximum atomic E-state index is 13.0. The van der Waals surface area contributed by atoms with Gasteiger partial charge in [0.05, 0.1) is 6.04 Å². The molecule has 0 unspecified atom stereocenters. The molecule has 3 heteroatoms. The number of hydrogen-bond donors (Lipinski definition) is 1. The Morgan fingerprint density at radius 3 is 1.41 bits per heavy atom. The summed E-state index contributed by atoms with van der Waals surface area (Å²) >= 11 is -1.19. The molecule has 0 aliphatic carbocycles. The van der Waals surface area contributed by atoms with E-state index in [2.05, 4.69) is 65.4 Å². The van der Waals surface area contributed by atoms with E-state index in [0.29, 0.717) is 0 Å². The monoisotopic (exact) mass is 377 g/mol. The molecule has 0 heterocycles. The molecule has 3 aromatic rings. The van der Waals surface area contributed by atoms with E-state index in [1.54, 1.807) is 0 Å². The lowest BCUT2D eigenvalue weighted by Crippen LogP contribution is -2.43. The number of benzene rings is 3. The Morgan fingerprint density at radius 1 is 0.667 bits per heavy atom. The van der Waals surface area contributed by atoms with Crippen LogP contribution in [0.3, 0.4) is 0 Å². The smallest absolute Gasteiger partial charge is 0.136 e.